The Bertz CT molecular complexity index is 397. The molecule has 4 nitrogen and oxygen atoms in total. The molecule has 0 heterocycles. The van der Waals surface area contributed by atoms with E-state index in [2.05, 4.69) is 13.2 Å². The average Bonchev–Trinajstić information content (AvgIpc) is 2.22. The number of hydrogen-bond acceptors (Lipinski definition) is 5. The minimum Gasteiger partial charge on any atom is -0.744 e. The van der Waals surface area contributed by atoms with Crippen molar-refractivity contribution in [1.82, 2.24) is 4.90 Å². The molecule has 8 heteroatoms. The van der Waals surface area contributed by atoms with Gasteiger partial charge in [-0.1, -0.05) is 42.2 Å². The standard InChI is InChI=1S/C10H15NO3S3.K/c1-3-6-11(7-4-2)10(15)16-8-5-9-17(12,13)14;/h3-5,9H,1-2,6-8H2,(H,12,13,14);/q;+1/p-1/b9-5-;. The first-order valence-electron chi connectivity index (χ1n) is 4.66. The van der Waals surface area contributed by atoms with Crippen molar-refractivity contribution in [1.29, 1.82) is 0 Å². The van der Waals surface area contributed by atoms with Crippen LogP contribution in [0.4, 0.5) is 0 Å². The number of nitrogens with zero attached hydrogens (tertiary/aromatic N) is 1. The third-order valence-corrected chi connectivity index (χ3v) is 3.52. The molecule has 0 aliphatic heterocycles. The van der Waals surface area contributed by atoms with E-state index in [4.69, 9.17) is 12.2 Å². The first-order chi connectivity index (χ1) is 7.90. The molecule has 0 aliphatic rings. The van der Waals surface area contributed by atoms with Gasteiger partial charge in [-0.3, -0.25) is 0 Å². The summed E-state index contributed by atoms with van der Waals surface area (Å²) < 4.78 is 31.5. The second-order valence-corrected chi connectivity index (χ2v) is 5.84. The molecule has 18 heavy (non-hydrogen) atoms. The fraction of sp³-hybridized carbons (Fsp3) is 0.300. The van der Waals surface area contributed by atoms with Crippen LogP contribution in [0, 0.1) is 0 Å². The van der Waals surface area contributed by atoms with Gasteiger partial charge in [-0.05, 0) is 0 Å². The summed E-state index contributed by atoms with van der Waals surface area (Å²) in [5, 5.41) is 0.633. The quantitative estimate of drug-likeness (QED) is 0.251. The monoisotopic (exact) mass is 331 g/mol. The van der Waals surface area contributed by atoms with Gasteiger partial charge in [0.1, 0.15) is 14.4 Å². The first kappa shape index (κ1) is 21.3. The Morgan fingerprint density at radius 2 is 1.83 bits per heavy atom. The van der Waals surface area contributed by atoms with Crippen LogP contribution in [0.25, 0.3) is 0 Å². The zero-order valence-electron chi connectivity index (χ0n) is 10.2. The Balaban J connectivity index is 0. The second kappa shape index (κ2) is 11.8. The third kappa shape index (κ3) is 12.1. The van der Waals surface area contributed by atoms with E-state index < -0.39 is 10.1 Å². The summed E-state index contributed by atoms with van der Waals surface area (Å²) in [4.78, 5) is 1.86. The summed E-state index contributed by atoms with van der Waals surface area (Å²) in [5.41, 5.74) is 0. The van der Waals surface area contributed by atoms with Crippen LogP contribution >= 0.6 is 24.0 Å². The van der Waals surface area contributed by atoms with Crippen molar-refractivity contribution in [3.05, 3.63) is 36.8 Å². The maximum Gasteiger partial charge on any atom is 1.00 e. The van der Waals surface area contributed by atoms with Gasteiger partial charge in [0, 0.05) is 24.3 Å². The summed E-state index contributed by atoms with van der Waals surface area (Å²) in [5.74, 6) is 0.338. The van der Waals surface area contributed by atoms with Crippen LogP contribution in [-0.4, -0.2) is 41.0 Å². The fourth-order valence-corrected chi connectivity index (χ4v) is 2.38. The zero-order chi connectivity index (χ0) is 13.3. The average molecular weight is 332 g/mol. The van der Waals surface area contributed by atoms with Crippen molar-refractivity contribution in [3.63, 3.8) is 0 Å². The summed E-state index contributed by atoms with van der Waals surface area (Å²) >= 11 is 6.42. The molecule has 0 rings (SSSR count). The van der Waals surface area contributed by atoms with Crippen molar-refractivity contribution in [2.75, 3.05) is 18.8 Å². The van der Waals surface area contributed by atoms with Gasteiger partial charge in [-0.25, -0.2) is 8.42 Å². The van der Waals surface area contributed by atoms with Crippen molar-refractivity contribution >= 4 is 38.4 Å². The molecule has 0 atom stereocenters. The van der Waals surface area contributed by atoms with Crippen LogP contribution in [-0.2, 0) is 10.1 Å². The molecular formula is C10H14KNO3S3. The van der Waals surface area contributed by atoms with Gasteiger partial charge in [0.2, 0.25) is 0 Å². The first-order valence-corrected chi connectivity index (χ1v) is 7.53. The van der Waals surface area contributed by atoms with E-state index in [1.807, 2.05) is 4.90 Å². The molecule has 0 aromatic carbocycles. The molecule has 0 fully saturated rings. The van der Waals surface area contributed by atoms with E-state index in [-0.39, 0.29) is 51.4 Å². The maximum absolute atomic E-state index is 10.3. The summed E-state index contributed by atoms with van der Waals surface area (Å²) in [6, 6.07) is 0. The normalized spacial score (nSPS) is 10.7. The predicted octanol–water partition coefficient (Wildman–Crippen LogP) is -1.26. The van der Waals surface area contributed by atoms with Gasteiger partial charge >= 0.3 is 51.4 Å². The number of thiocarbonyl (C=S) groups is 1. The molecule has 0 bridgehead atoms. The van der Waals surface area contributed by atoms with Crippen molar-refractivity contribution in [3.8, 4) is 0 Å². The Hall–Kier alpha value is 1.01. The third-order valence-electron chi connectivity index (χ3n) is 1.52. The van der Waals surface area contributed by atoms with E-state index >= 15 is 0 Å². The van der Waals surface area contributed by atoms with E-state index in [0.717, 1.165) is 0 Å². The molecule has 0 radical (unpaired) electrons. The molecule has 0 spiro atoms. The Morgan fingerprint density at radius 3 is 2.22 bits per heavy atom. The summed E-state index contributed by atoms with van der Waals surface area (Å²) in [6.07, 6.45) is 4.71. The fourth-order valence-electron chi connectivity index (χ4n) is 0.903. The van der Waals surface area contributed by atoms with Crippen molar-refractivity contribution in [2.45, 2.75) is 0 Å². The van der Waals surface area contributed by atoms with Gasteiger partial charge in [-0.2, -0.15) is 0 Å². The summed E-state index contributed by atoms with van der Waals surface area (Å²) in [6.45, 7) is 8.43. The van der Waals surface area contributed by atoms with Crippen LogP contribution in [0.3, 0.4) is 0 Å². The largest absolute Gasteiger partial charge is 1.00 e. The molecule has 0 aromatic heterocycles. The zero-order valence-corrected chi connectivity index (χ0v) is 15.8. The molecule has 0 saturated carbocycles. The number of rotatable bonds is 7. The smallest absolute Gasteiger partial charge is 0.744 e. The van der Waals surface area contributed by atoms with Gasteiger partial charge in [-0.15, -0.1) is 13.2 Å². The van der Waals surface area contributed by atoms with Crippen LogP contribution in [0.15, 0.2) is 36.8 Å². The minimum atomic E-state index is -4.30. The molecule has 0 saturated heterocycles. The van der Waals surface area contributed by atoms with Crippen LogP contribution in [0.2, 0.25) is 0 Å². The summed E-state index contributed by atoms with van der Waals surface area (Å²) in [7, 11) is -4.30. The molecule has 0 aliphatic carbocycles. The van der Waals surface area contributed by atoms with Crippen molar-refractivity contribution < 1.29 is 64.4 Å². The van der Waals surface area contributed by atoms with Crippen LogP contribution in [0.5, 0.6) is 0 Å². The topological polar surface area (TPSA) is 60.4 Å². The van der Waals surface area contributed by atoms with E-state index in [9.17, 15) is 13.0 Å². The van der Waals surface area contributed by atoms with Gasteiger partial charge in [0.05, 0.1) is 0 Å². The molecule has 0 amide bonds. The number of thioether (sulfide) groups is 1. The maximum atomic E-state index is 10.3. The van der Waals surface area contributed by atoms with Gasteiger partial charge in [0.25, 0.3) is 0 Å². The van der Waals surface area contributed by atoms with Crippen LogP contribution in [0.1, 0.15) is 0 Å². The number of hydrogen-bond donors (Lipinski definition) is 0. The van der Waals surface area contributed by atoms with Gasteiger partial charge in [0.15, 0.2) is 0 Å². The van der Waals surface area contributed by atoms with Crippen LogP contribution < -0.4 is 51.4 Å². The van der Waals surface area contributed by atoms with Crippen molar-refractivity contribution in [2.24, 2.45) is 0 Å². The minimum absolute atomic E-state index is 0. The Labute approximate surface area is 161 Å². The molecule has 0 N–H and O–H groups in total. The SMILES string of the molecule is C=CCN(CC=C)C(=S)SC/C=C\S(=O)(=O)[O-].[K+]. The van der Waals surface area contributed by atoms with E-state index in [1.165, 1.54) is 17.8 Å². The molecular weight excluding hydrogens is 317 g/mol. The van der Waals surface area contributed by atoms with Gasteiger partial charge < -0.3 is 9.45 Å². The molecule has 0 unspecified atom stereocenters. The molecule has 0 aromatic rings. The molecule has 96 valence electrons. The predicted molar refractivity (Wildman–Crippen MR) is 75.9 cm³/mol. The second-order valence-electron chi connectivity index (χ2n) is 2.92. The van der Waals surface area contributed by atoms with E-state index in [0.29, 0.717) is 28.6 Å². The Morgan fingerprint density at radius 1 is 1.33 bits per heavy atom. The Kier molecular flexibility index (Phi) is 14.0. The van der Waals surface area contributed by atoms with E-state index in [1.54, 1.807) is 12.2 Å².